The zero-order chi connectivity index (χ0) is 11.8. The zero-order valence-corrected chi connectivity index (χ0v) is 9.48. The molecule has 1 aromatic rings. The summed E-state index contributed by atoms with van der Waals surface area (Å²) in [5, 5.41) is 8.88. The largest absolute Gasteiger partial charge is 0.395 e. The van der Waals surface area contributed by atoms with Crippen LogP contribution in [0.1, 0.15) is 10.5 Å². The molecule has 0 saturated heterocycles. The Morgan fingerprint density at radius 2 is 2.38 bits per heavy atom. The van der Waals surface area contributed by atoms with Gasteiger partial charge in [-0.1, -0.05) is 0 Å². The third kappa shape index (κ3) is 4.14. The molecule has 0 aliphatic rings. The van der Waals surface area contributed by atoms with E-state index in [1.807, 2.05) is 4.90 Å². The summed E-state index contributed by atoms with van der Waals surface area (Å²) >= 11 is 0. The van der Waals surface area contributed by atoms with Crippen LogP contribution in [0.2, 0.25) is 0 Å². The minimum atomic E-state index is 0.0227. The average molecular weight is 226 g/mol. The summed E-state index contributed by atoms with van der Waals surface area (Å²) in [6.07, 6.45) is 1.72. The fraction of sp³-hybridized carbons (Fsp3) is 0.545. The highest BCUT2D eigenvalue weighted by atomic mass is 16.5. The molecule has 5 heteroatoms. The van der Waals surface area contributed by atoms with Crippen LogP contribution in [0.3, 0.4) is 0 Å². The van der Waals surface area contributed by atoms with Gasteiger partial charge in [-0.3, -0.25) is 9.69 Å². The Labute approximate surface area is 95.0 Å². The van der Waals surface area contributed by atoms with Crippen molar-refractivity contribution in [3.8, 4) is 0 Å². The number of hydrogen-bond donors (Lipinski definition) is 2. The smallest absolute Gasteiger partial charge is 0.192 e. The topological polar surface area (TPSA) is 65.6 Å². The van der Waals surface area contributed by atoms with E-state index < -0.39 is 0 Å². The van der Waals surface area contributed by atoms with Crippen LogP contribution in [0.25, 0.3) is 0 Å². The highest BCUT2D eigenvalue weighted by molar-refractivity contribution is 5.95. The van der Waals surface area contributed by atoms with E-state index in [4.69, 9.17) is 9.84 Å². The molecule has 5 nitrogen and oxygen atoms in total. The number of nitrogens with one attached hydrogen (secondary N) is 1. The number of aromatic nitrogens is 1. The lowest BCUT2D eigenvalue weighted by Gasteiger charge is -2.19. The van der Waals surface area contributed by atoms with Crippen LogP contribution in [0.15, 0.2) is 18.3 Å². The maximum Gasteiger partial charge on any atom is 0.192 e. The lowest BCUT2D eigenvalue weighted by atomic mass is 10.2. The van der Waals surface area contributed by atoms with Gasteiger partial charge in [0.25, 0.3) is 0 Å². The van der Waals surface area contributed by atoms with E-state index in [0.717, 1.165) is 0 Å². The van der Waals surface area contributed by atoms with E-state index in [1.54, 1.807) is 25.4 Å². The number of H-pyrrole nitrogens is 1. The molecular formula is C11H18N2O3. The SMILES string of the molecule is COCCN(CCO)CC(=O)c1ccc[nH]1. The van der Waals surface area contributed by atoms with Crippen molar-refractivity contribution in [3.63, 3.8) is 0 Å². The summed E-state index contributed by atoms with van der Waals surface area (Å²) in [4.78, 5) is 16.5. The molecule has 1 aromatic heterocycles. The van der Waals surface area contributed by atoms with Crippen molar-refractivity contribution in [1.82, 2.24) is 9.88 Å². The van der Waals surface area contributed by atoms with Crippen LogP contribution >= 0.6 is 0 Å². The van der Waals surface area contributed by atoms with Gasteiger partial charge in [-0.2, -0.15) is 0 Å². The van der Waals surface area contributed by atoms with Gasteiger partial charge in [-0.15, -0.1) is 0 Å². The number of aliphatic hydroxyl groups excluding tert-OH is 1. The van der Waals surface area contributed by atoms with Crippen LogP contribution in [0.5, 0.6) is 0 Å². The van der Waals surface area contributed by atoms with E-state index in [9.17, 15) is 4.79 Å². The number of nitrogens with zero attached hydrogens (tertiary/aromatic N) is 1. The number of carbonyl (C=O) groups excluding carboxylic acids is 1. The number of methoxy groups -OCH3 is 1. The second-order valence-corrected chi connectivity index (χ2v) is 3.50. The molecule has 2 N–H and O–H groups in total. The third-order valence-electron chi connectivity index (χ3n) is 2.29. The number of hydrogen-bond acceptors (Lipinski definition) is 4. The van der Waals surface area contributed by atoms with Crippen molar-refractivity contribution in [1.29, 1.82) is 0 Å². The van der Waals surface area contributed by atoms with Gasteiger partial charge in [0.1, 0.15) is 0 Å². The van der Waals surface area contributed by atoms with Gasteiger partial charge >= 0.3 is 0 Å². The highest BCUT2D eigenvalue weighted by Gasteiger charge is 2.12. The number of aliphatic hydroxyl groups is 1. The zero-order valence-electron chi connectivity index (χ0n) is 9.48. The van der Waals surface area contributed by atoms with Gasteiger partial charge < -0.3 is 14.8 Å². The highest BCUT2D eigenvalue weighted by Crippen LogP contribution is 1.99. The number of ether oxygens (including phenoxy) is 1. The number of aromatic amines is 1. The Kier molecular flexibility index (Phi) is 5.77. The monoisotopic (exact) mass is 226 g/mol. The minimum Gasteiger partial charge on any atom is -0.395 e. The van der Waals surface area contributed by atoms with Gasteiger partial charge in [-0.05, 0) is 12.1 Å². The Balaban J connectivity index is 2.44. The minimum absolute atomic E-state index is 0.0227. The van der Waals surface area contributed by atoms with Crippen molar-refractivity contribution in [2.24, 2.45) is 0 Å². The molecule has 0 unspecified atom stereocenters. The second kappa shape index (κ2) is 7.16. The van der Waals surface area contributed by atoms with Crippen LogP contribution in [0, 0.1) is 0 Å². The molecule has 1 heterocycles. The number of rotatable bonds is 8. The molecule has 0 spiro atoms. The Morgan fingerprint density at radius 3 is 2.94 bits per heavy atom. The summed E-state index contributed by atoms with van der Waals surface area (Å²) in [5.41, 5.74) is 0.598. The van der Waals surface area contributed by atoms with Gasteiger partial charge in [0.05, 0.1) is 25.5 Å². The summed E-state index contributed by atoms with van der Waals surface area (Å²) < 4.78 is 4.95. The van der Waals surface area contributed by atoms with Crippen molar-refractivity contribution >= 4 is 5.78 Å². The fourth-order valence-corrected chi connectivity index (χ4v) is 1.42. The molecule has 0 fully saturated rings. The molecule has 0 aliphatic heterocycles. The maximum atomic E-state index is 11.8. The van der Waals surface area contributed by atoms with Crippen molar-refractivity contribution in [2.45, 2.75) is 0 Å². The van der Waals surface area contributed by atoms with E-state index in [-0.39, 0.29) is 12.4 Å². The van der Waals surface area contributed by atoms with Crippen LogP contribution in [0.4, 0.5) is 0 Å². The van der Waals surface area contributed by atoms with Crippen molar-refractivity contribution in [2.75, 3.05) is 40.0 Å². The van der Waals surface area contributed by atoms with Crippen LogP contribution in [-0.2, 0) is 4.74 Å². The first-order chi connectivity index (χ1) is 7.77. The number of ketones is 1. The second-order valence-electron chi connectivity index (χ2n) is 3.50. The van der Waals surface area contributed by atoms with Crippen molar-refractivity contribution in [3.05, 3.63) is 24.0 Å². The van der Waals surface area contributed by atoms with E-state index in [0.29, 0.717) is 31.9 Å². The van der Waals surface area contributed by atoms with Gasteiger partial charge in [0.15, 0.2) is 5.78 Å². The number of carbonyl (C=O) groups is 1. The first-order valence-electron chi connectivity index (χ1n) is 5.26. The predicted molar refractivity (Wildman–Crippen MR) is 60.5 cm³/mol. The molecule has 16 heavy (non-hydrogen) atoms. The average Bonchev–Trinajstić information content (AvgIpc) is 2.79. The molecule has 0 aliphatic carbocycles. The first-order valence-corrected chi connectivity index (χ1v) is 5.26. The van der Waals surface area contributed by atoms with Gasteiger partial charge in [0, 0.05) is 26.4 Å². The molecule has 1 rings (SSSR count). The lowest BCUT2D eigenvalue weighted by molar-refractivity contribution is 0.0864. The Morgan fingerprint density at radius 1 is 1.56 bits per heavy atom. The standard InChI is InChI=1S/C11H18N2O3/c1-16-8-6-13(5-7-14)9-11(15)10-3-2-4-12-10/h2-4,12,14H,5-9H2,1H3. The van der Waals surface area contributed by atoms with E-state index >= 15 is 0 Å². The molecular weight excluding hydrogens is 208 g/mol. The summed E-state index contributed by atoms with van der Waals surface area (Å²) in [5.74, 6) is 0.0227. The molecule has 0 bridgehead atoms. The lowest BCUT2D eigenvalue weighted by Crippen LogP contribution is -2.35. The number of Topliss-reactive ketones (excluding diaryl/α,β-unsaturated/α-hetero) is 1. The first kappa shape index (κ1) is 12.9. The van der Waals surface area contributed by atoms with E-state index in [2.05, 4.69) is 4.98 Å². The molecule has 0 atom stereocenters. The molecule has 0 radical (unpaired) electrons. The van der Waals surface area contributed by atoms with Crippen LogP contribution < -0.4 is 0 Å². The predicted octanol–water partition coefficient (Wildman–Crippen LogP) is 0.138. The third-order valence-corrected chi connectivity index (χ3v) is 2.29. The molecule has 0 amide bonds. The molecule has 0 aromatic carbocycles. The molecule has 90 valence electrons. The quantitative estimate of drug-likeness (QED) is 0.619. The summed E-state index contributed by atoms with van der Waals surface area (Å²) in [6.45, 7) is 2.02. The van der Waals surface area contributed by atoms with E-state index in [1.165, 1.54) is 0 Å². The fourth-order valence-electron chi connectivity index (χ4n) is 1.42. The summed E-state index contributed by atoms with van der Waals surface area (Å²) in [6, 6.07) is 3.54. The van der Waals surface area contributed by atoms with Gasteiger partial charge in [-0.25, -0.2) is 0 Å². The molecule has 0 saturated carbocycles. The Hall–Kier alpha value is -1.17. The van der Waals surface area contributed by atoms with Gasteiger partial charge in [0.2, 0.25) is 0 Å². The summed E-state index contributed by atoms with van der Waals surface area (Å²) in [7, 11) is 1.62. The van der Waals surface area contributed by atoms with Crippen LogP contribution in [-0.4, -0.2) is 60.7 Å². The van der Waals surface area contributed by atoms with Crippen molar-refractivity contribution < 1.29 is 14.6 Å². The Bertz CT molecular complexity index is 298. The normalized spacial score (nSPS) is 10.9. The maximum absolute atomic E-state index is 11.8.